The van der Waals surface area contributed by atoms with Crippen LogP contribution in [0.15, 0.2) is 66.9 Å². The first kappa shape index (κ1) is 24.3. The van der Waals surface area contributed by atoms with Gasteiger partial charge in [0.1, 0.15) is 11.5 Å². The van der Waals surface area contributed by atoms with E-state index in [2.05, 4.69) is 10.4 Å². The van der Waals surface area contributed by atoms with E-state index < -0.39 is 18.0 Å². The van der Waals surface area contributed by atoms with Gasteiger partial charge >= 0.3 is 12.0 Å². The van der Waals surface area contributed by atoms with Crippen molar-refractivity contribution in [1.29, 1.82) is 0 Å². The molecule has 0 spiro atoms. The number of amides is 2. The first-order valence-electron chi connectivity index (χ1n) is 11.0. The van der Waals surface area contributed by atoms with Gasteiger partial charge < -0.3 is 20.3 Å². The molecule has 1 unspecified atom stereocenters. The molecule has 2 amide bonds. The summed E-state index contributed by atoms with van der Waals surface area (Å²) in [5.41, 5.74) is 1.47. The van der Waals surface area contributed by atoms with Crippen LogP contribution in [0.25, 0.3) is 10.8 Å². The van der Waals surface area contributed by atoms with Crippen molar-refractivity contribution >= 4 is 40.1 Å². The molecule has 184 valence electrons. The number of carboxylic acid groups (broad SMARTS) is 1. The van der Waals surface area contributed by atoms with E-state index in [-0.39, 0.29) is 28.8 Å². The van der Waals surface area contributed by atoms with Crippen LogP contribution in [0.4, 0.5) is 16.2 Å². The van der Waals surface area contributed by atoms with Crippen molar-refractivity contribution in [3.8, 4) is 11.5 Å². The molecule has 0 saturated heterocycles. The molecule has 1 atom stereocenters. The van der Waals surface area contributed by atoms with Gasteiger partial charge in [-0.15, -0.1) is 0 Å². The average Bonchev–Trinajstić information content (AvgIpc) is 3.30. The second-order valence-electron chi connectivity index (χ2n) is 8.13. The minimum Gasteiger partial charge on any atom is -0.506 e. The maximum absolute atomic E-state index is 13.0. The van der Waals surface area contributed by atoms with Gasteiger partial charge in [-0.1, -0.05) is 30.3 Å². The Balaban J connectivity index is 1.64. The van der Waals surface area contributed by atoms with Crippen molar-refractivity contribution in [3.05, 3.63) is 78.1 Å². The number of nitrogens with zero attached hydrogens (tertiary/aromatic N) is 3. The third-order valence-electron chi connectivity index (χ3n) is 5.61. The fraction of sp³-hybridized carbons (Fsp3) is 0.154. The number of aromatic nitrogens is 2. The minimum absolute atomic E-state index is 0.00239. The van der Waals surface area contributed by atoms with Crippen molar-refractivity contribution < 1.29 is 29.3 Å². The highest BCUT2D eigenvalue weighted by Crippen LogP contribution is 2.35. The summed E-state index contributed by atoms with van der Waals surface area (Å²) >= 11 is 0. The highest BCUT2D eigenvalue weighted by molar-refractivity contribution is 6.13. The summed E-state index contributed by atoms with van der Waals surface area (Å²) in [6.07, 6.45) is 0.443. The molecule has 10 nitrogen and oxygen atoms in total. The van der Waals surface area contributed by atoms with E-state index in [0.29, 0.717) is 22.2 Å². The molecule has 0 bridgehead atoms. The number of hydrogen-bond acceptors (Lipinski definition) is 6. The molecule has 0 radical (unpaired) electrons. The number of anilines is 2. The van der Waals surface area contributed by atoms with Crippen LogP contribution in [-0.2, 0) is 4.79 Å². The topological polar surface area (TPSA) is 134 Å². The van der Waals surface area contributed by atoms with Gasteiger partial charge in [0.25, 0.3) is 5.91 Å². The Morgan fingerprint density at radius 2 is 1.78 bits per heavy atom. The van der Waals surface area contributed by atoms with Crippen LogP contribution < -0.4 is 15.0 Å². The molecule has 0 aliphatic carbocycles. The lowest BCUT2D eigenvalue weighted by atomic mass is 10.0. The van der Waals surface area contributed by atoms with Crippen LogP contribution in [0.1, 0.15) is 23.0 Å². The third-order valence-corrected chi connectivity index (χ3v) is 5.61. The van der Waals surface area contributed by atoms with Crippen molar-refractivity contribution in [2.75, 3.05) is 17.3 Å². The van der Waals surface area contributed by atoms with E-state index in [1.165, 1.54) is 28.6 Å². The van der Waals surface area contributed by atoms with Gasteiger partial charge in [-0.05, 0) is 44.2 Å². The SMILES string of the molecule is Cc1ccn(C(=O)N(C)c2cccc3c(O)c(C(=O)Nc4ccccc4OC(C)C(=O)O)ccc23)n1. The molecule has 4 aromatic rings. The number of ether oxygens (including phenoxy) is 1. The van der Waals surface area contributed by atoms with Crippen LogP contribution in [0, 0.1) is 6.92 Å². The number of carbonyl (C=O) groups is 3. The highest BCUT2D eigenvalue weighted by Gasteiger charge is 2.21. The van der Waals surface area contributed by atoms with Gasteiger partial charge in [-0.25, -0.2) is 9.59 Å². The van der Waals surface area contributed by atoms with Crippen LogP contribution in [-0.4, -0.2) is 51.1 Å². The number of rotatable bonds is 6. The Morgan fingerprint density at radius 1 is 1.03 bits per heavy atom. The van der Waals surface area contributed by atoms with Crippen molar-refractivity contribution in [3.63, 3.8) is 0 Å². The predicted molar refractivity (Wildman–Crippen MR) is 134 cm³/mol. The average molecular weight is 489 g/mol. The summed E-state index contributed by atoms with van der Waals surface area (Å²) in [6.45, 7) is 3.16. The number of carbonyl (C=O) groups excluding carboxylic acids is 2. The molecule has 3 N–H and O–H groups in total. The fourth-order valence-corrected chi connectivity index (χ4v) is 3.68. The Bertz CT molecular complexity index is 1480. The van der Waals surface area contributed by atoms with Crippen LogP contribution in [0.3, 0.4) is 0 Å². The van der Waals surface area contributed by atoms with Crippen LogP contribution in [0.5, 0.6) is 11.5 Å². The lowest BCUT2D eigenvalue weighted by Gasteiger charge is -2.20. The number of aryl methyl sites for hydroxylation is 1. The first-order valence-corrected chi connectivity index (χ1v) is 11.0. The van der Waals surface area contributed by atoms with E-state index in [0.717, 1.165) is 0 Å². The molecule has 10 heteroatoms. The maximum Gasteiger partial charge on any atom is 0.348 e. The summed E-state index contributed by atoms with van der Waals surface area (Å²) in [5, 5.41) is 27.8. The molecule has 1 aromatic heterocycles. The lowest BCUT2D eigenvalue weighted by molar-refractivity contribution is -0.144. The Hall–Kier alpha value is -4.86. The standard InChI is InChI=1S/C26H24N4O6/c1-15-13-14-30(28-15)26(35)29(3)21-9-6-7-18-17(21)11-12-19(23(18)31)24(32)27-20-8-4-5-10-22(20)36-16(2)25(33)34/h4-14,16,31H,1-3H3,(H,27,32)(H,33,34). The molecule has 3 aromatic carbocycles. The number of phenols is 1. The second-order valence-corrected chi connectivity index (χ2v) is 8.13. The monoisotopic (exact) mass is 488 g/mol. The molecule has 4 rings (SSSR count). The van der Waals surface area contributed by atoms with E-state index >= 15 is 0 Å². The number of aromatic hydroxyl groups is 1. The number of para-hydroxylation sites is 2. The number of hydrogen-bond donors (Lipinski definition) is 3. The molecule has 36 heavy (non-hydrogen) atoms. The maximum atomic E-state index is 13.0. The van der Waals surface area contributed by atoms with Crippen molar-refractivity contribution in [1.82, 2.24) is 9.78 Å². The van der Waals surface area contributed by atoms with Gasteiger partial charge in [-0.3, -0.25) is 9.69 Å². The third kappa shape index (κ3) is 4.69. The number of nitrogens with one attached hydrogen (secondary N) is 1. The summed E-state index contributed by atoms with van der Waals surface area (Å²) < 4.78 is 6.65. The van der Waals surface area contributed by atoms with Gasteiger partial charge in [-0.2, -0.15) is 9.78 Å². The van der Waals surface area contributed by atoms with E-state index in [4.69, 9.17) is 9.84 Å². The summed E-state index contributed by atoms with van der Waals surface area (Å²) in [5.74, 6) is -1.85. The van der Waals surface area contributed by atoms with E-state index in [1.807, 2.05) is 0 Å². The summed E-state index contributed by atoms with van der Waals surface area (Å²) in [6, 6.07) is 15.9. The van der Waals surface area contributed by atoms with Crippen molar-refractivity contribution in [2.45, 2.75) is 20.0 Å². The Kier molecular flexibility index (Phi) is 6.60. The zero-order chi connectivity index (χ0) is 26.0. The molecule has 0 aliphatic heterocycles. The van der Waals surface area contributed by atoms with Gasteiger partial charge in [0.2, 0.25) is 0 Å². The van der Waals surface area contributed by atoms with Crippen LogP contribution in [0.2, 0.25) is 0 Å². The molecule has 0 fully saturated rings. The quantitative estimate of drug-likeness (QED) is 0.369. The normalized spacial score (nSPS) is 11.6. The Morgan fingerprint density at radius 3 is 2.47 bits per heavy atom. The predicted octanol–water partition coefficient (Wildman–Crippen LogP) is 4.26. The van der Waals surface area contributed by atoms with Crippen LogP contribution >= 0.6 is 0 Å². The number of carboxylic acids is 1. The van der Waals surface area contributed by atoms with Gasteiger partial charge in [0.05, 0.1) is 22.6 Å². The smallest absolute Gasteiger partial charge is 0.348 e. The summed E-state index contributed by atoms with van der Waals surface area (Å²) in [4.78, 5) is 38.5. The molecule has 0 aliphatic rings. The number of phenolic OH excluding ortho intramolecular Hbond substituents is 1. The molecule has 1 heterocycles. The highest BCUT2D eigenvalue weighted by atomic mass is 16.5. The van der Waals surface area contributed by atoms with Crippen molar-refractivity contribution in [2.24, 2.45) is 0 Å². The Labute approximate surface area is 206 Å². The van der Waals surface area contributed by atoms with E-state index in [9.17, 15) is 19.5 Å². The second kappa shape index (κ2) is 9.79. The fourth-order valence-electron chi connectivity index (χ4n) is 3.68. The van der Waals surface area contributed by atoms with Gasteiger partial charge in [0.15, 0.2) is 6.10 Å². The number of aliphatic carboxylic acids is 1. The first-order chi connectivity index (χ1) is 17.2. The molecular formula is C26H24N4O6. The largest absolute Gasteiger partial charge is 0.506 e. The molecule has 0 saturated carbocycles. The molecular weight excluding hydrogens is 464 g/mol. The number of fused-ring (bicyclic) bond motifs is 1. The zero-order valence-electron chi connectivity index (χ0n) is 19.8. The van der Waals surface area contributed by atoms with Gasteiger partial charge in [0, 0.05) is 24.0 Å². The zero-order valence-corrected chi connectivity index (χ0v) is 19.8. The lowest BCUT2D eigenvalue weighted by Crippen LogP contribution is -2.31. The summed E-state index contributed by atoms with van der Waals surface area (Å²) in [7, 11) is 1.60. The van der Waals surface area contributed by atoms with E-state index in [1.54, 1.807) is 68.7 Å². The minimum atomic E-state index is -1.15. The number of benzene rings is 3.